The second kappa shape index (κ2) is 8.50. The average Bonchev–Trinajstić information content (AvgIpc) is 2.77. The molecule has 1 N–H and O–H groups in total. The maximum absolute atomic E-state index is 13.9. The Balaban J connectivity index is 2.90. The summed E-state index contributed by atoms with van der Waals surface area (Å²) in [6.45, 7) is -0.358. The van der Waals surface area contributed by atoms with E-state index in [1.807, 2.05) is 0 Å². The lowest BCUT2D eigenvalue weighted by molar-refractivity contribution is -0.163. The van der Waals surface area contributed by atoms with Crippen molar-refractivity contribution in [3.8, 4) is 0 Å². The molecular formula is C16H17ClFNO6S. The van der Waals surface area contributed by atoms with Crippen LogP contribution >= 0.6 is 11.6 Å². The van der Waals surface area contributed by atoms with Gasteiger partial charge < -0.3 is 9.47 Å². The summed E-state index contributed by atoms with van der Waals surface area (Å²) in [4.78, 5) is 23.7. The molecule has 1 aliphatic carbocycles. The van der Waals surface area contributed by atoms with Crippen molar-refractivity contribution in [2.24, 2.45) is 0 Å². The summed E-state index contributed by atoms with van der Waals surface area (Å²) in [6, 6.07) is -5.69. The highest BCUT2D eigenvalue weighted by Gasteiger charge is 2.35. The topological polar surface area (TPSA) is 98.8 Å². The Morgan fingerprint density at radius 3 is 2.92 bits per heavy atom. The van der Waals surface area contributed by atoms with E-state index in [0.29, 0.717) is 0 Å². The minimum absolute atomic E-state index is 0.880. The third-order valence-electron chi connectivity index (χ3n) is 2.55. The number of carbonyl (C=O) groups excluding carboxylic acids is 2. The molecule has 1 unspecified atom stereocenters. The van der Waals surface area contributed by atoms with E-state index in [1.165, 1.54) is 4.72 Å². The number of sulfonamides is 1. The molecule has 0 heterocycles. The number of ether oxygens (including phenoxy) is 2. The van der Waals surface area contributed by atoms with Gasteiger partial charge in [0, 0.05) is 15.1 Å². The molecule has 0 saturated carbocycles. The van der Waals surface area contributed by atoms with Gasteiger partial charge in [-0.2, -0.15) is 0 Å². The molecule has 2 rings (SSSR count). The maximum atomic E-state index is 13.9. The van der Waals surface area contributed by atoms with Crippen LogP contribution in [-0.4, -0.2) is 32.4 Å². The molecule has 1 atom stereocenters. The maximum Gasteiger partial charge on any atom is 0.337 e. The Labute approximate surface area is 170 Å². The van der Waals surface area contributed by atoms with Gasteiger partial charge in [-0.05, 0) is 37.2 Å². The minimum Gasteiger partial charge on any atom is -0.428 e. The van der Waals surface area contributed by atoms with Gasteiger partial charge in [0.2, 0.25) is 16.8 Å². The highest BCUT2D eigenvalue weighted by Crippen LogP contribution is 2.30. The summed E-state index contributed by atoms with van der Waals surface area (Å²) in [5.41, 5.74) is -3.08. The van der Waals surface area contributed by atoms with E-state index in [9.17, 15) is 22.4 Å². The number of rotatable bonds is 6. The second-order valence-electron chi connectivity index (χ2n) is 4.37. The van der Waals surface area contributed by atoms with Crippen molar-refractivity contribution in [1.82, 2.24) is 0 Å². The molecule has 26 heavy (non-hydrogen) atoms. The van der Waals surface area contributed by atoms with Crippen LogP contribution in [0.1, 0.15) is 41.1 Å². The van der Waals surface area contributed by atoms with E-state index in [4.69, 9.17) is 26.7 Å². The standard InChI is InChI=1S/C16H17ClFNO6S/c1-10(20)24-9-25-16(21)12-4-2-3-5-15(12)26(22,23)19-14-7-6-11(18)8-13(14)17/h4,6-8,15,19H,2-3,5,9H2,1H3/i2D2,3D2,4D,5D2,6D,7D,8D,15D. The highest BCUT2D eigenvalue weighted by molar-refractivity contribution is 7.93. The molecule has 0 aliphatic heterocycles. The summed E-state index contributed by atoms with van der Waals surface area (Å²) < 4.78 is 138. The van der Waals surface area contributed by atoms with Crippen LogP contribution < -0.4 is 4.72 Å². The van der Waals surface area contributed by atoms with Gasteiger partial charge in [-0.1, -0.05) is 17.7 Å². The number of benzene rings is 1. The van der Waals surface area contributed by atoms with Crippen LogP contribution in [0.2, 0.25) is 5.02 Å². The minimum atomic E-state index is -5.97. The Kier molecular flexibility index (Phi) is 3.17. The number of allylic oxidation sites excluding steroid dienone is 1. The number of carbonyl (C=O) groups is 2. The van der Waals surface area contributed by atoms with Crippen molar-refractivity contribution in [3.05, 3.63) is 40.6 Å². The fourth-order valence-corrected chi connectivity index (χ4v) is 2.85. The molecule has 142 valence electrons. The number of hydrogen-bond donors (Lipinski definition) is 1. The van der Waals surface area contributed by atoms with Crippen molar-refractivity contribution in [3.63, 3.8) is 0 Å². The van der Waals surface area contributed by atoms with Crippen LogP contribution in [0.4, 0.5) is 10.1 Å². The second-order valence-corrected chi connectivity index (χ2v) is 6.37. The first-order chi connectivity index (χ1) is 16.5. The van der Waals surface area contributed by atoms with E-state index in [2.05, 4.69) is 9.47 Å². The molecule has 0 aromatic heterocycles. The van der Waals surface area contributed by atoms with E-state index < -0.39 is 99.4 Å². The molecule has 7 nitrogen and oxygen atoms in total. The quantitative estimate of drug-likeness (QED) is 0.565. The summed E-state index contributed by atoms with van der Waals surface area (Å²) in [7, 11) is -5.97. The molecular weight excluding hydrogens is 389 g/mol. The van der Waals surface area contributed by atoms with Gasteiger partial charge in [0.05, 0.1) is 23.1 Å². The highest BCUT2D eigenvalue weighted by atomic mass is 35.5. The molecule has 10 heteroatoms. The van der Waals surface area contributed by atoms with Crippen molar-refractivity contribution >= 4 is 39.3 Å². The molecule has 0 radical (unpaired) electrons. The van der Waals surface area contributed by atoms with Crippen LogP contribution in [0.3, 0.4) is 0 Å². The zero-order valence-electron chi connectivity index (χ0n) is 23.8. The van der Waals surface area contributed by atoms with Crippen molar-refractivity contribution < 1.29 is 46.9 Å². The van der Waals surface area contributed by atoms with Gasteiger partial charge in [-0.3, -0.25) is 9.52 Å². The van der Waals surface area contributed by atoms with E-state index in [-0.39, 0.29) is 0 Å². The Bertz CT molecular complexity index is 1290. The third-order valence-corrected chi connectivity index (χ3v) is 4.15. The van der Waals surface area contributed by atoms with Gasteiger partial charge in [0.1, 0.15) is 11.0 Å². The summed E-state index contributed by atoms with van der Waals surface area (Å²) in [5, 5.41) is -5.39. The molecule has 1 aromatic carbocycles. The van der Waals surface area contributed by atoms with Gasteiger partial charge in [-0.25, -0.2) is 17.6 Å². The van der Waals surface area contributed by atoms with Gasteiger partial charge in [0.25, 0.3) is 0 Å². The van der Waals surface area contributed by atoms with Crippen LogP contribution in [0, 0.1) is 5.82 Å². The van der Waals surface area contributed by atoms with Crippen molar-refractivity contribution in [2.75, 3.05) is 11.5 Å². The zero-order chi connectivity index (χ0) is 29.1. The molecule has 0 amide bonds. The van der Waals surface area contributed by atoms with Crippen LogP contribution in [0.15, 0.2) is 29.8 Å². The summed E-state index contributed by atoms with van der Waals surface area (Å²) >= 11 is 5.73. The summed E-state index contributed by atoms with van der Waals surface area (Å²) in [5.74, 6) is -4.68. The number of esters is 2. The van der Waals surface area contributed by atoms with E-state index in [1.54, 1.807) is 0 Å². The molecule has 1 aromatic rings. The summed E-state index contributed by atoms with van der Waals surface area (Å²) in [6.07, 6.45) is -11.9. The SMILES string of the molecule is [2H]C1=C(C(=O)OCOC(C)=O)C([2H])(S(=O)(=O)Nc2c([2H])c([2H])c(F)c([2H])c2Cl)C([2H])([2H])C([2H])([2H])C1([2H])[2H]. The van der Waals surface area contributed by atoms with Crippen molar-refractivity contribution in [1.29, 1.82) is 0 Å². The molecule has 0 bridgehead atoms. The Morgan fingerprint density at radius 2 is 2.23 bits per heavy atom. The lowest BCUT2D eigenvalue weighted by Gasteiger charge is -2.24. The van der Waals surface area contributed by atoms with Crippen LogP contribution in [-0.2, 0) is 29.1 Å². The average molecular weight is 417 g/mol. The van der Waals surface area contributed by atoms with E-state index in [0.717, 1.165) is 6.92 Å². The van der Waals surface area contributed by atoms with Crippen LogP contribution in [0.5, 0.6) is 0 Å². The Morgan fingerprint density at radius 1 is 1.50 bits per heavy atom. The molecule has 1 aliphatic rings. The van der Waals surface area contributed by atoms with Gasteiger partial charge in [-0.15, -0.1) is 0 Å². The lowest BCUT2D eigenvalue weighted by atomic mass is 9.99. The first-order valence-electron chi connectivity index (χ1n) is 12.0. The zero-order valence-corrected chi connectivity index (χ0v) is 14.4. The smallest absolute Gasteiger partial charge is 0.337 e. The van der Waals surface area contributed by atoms with Crippen LogP contribution in [0.25, 0.3) is 0 Å². The first kappa shape index (κ1) is 9.70. The third kappa shape index (κ3) is 5.18. The normalized spacial score (nSPS) is 32.3. The number of halogens is 2. The number of hydrogen-bond acceptors (Lipinski definition) is 6. The van der Waals surface area contributed by atoms with Gasteiger partial charge in [0.15, 0.2) is 0 Å². The Hall–Kier alpha value is -2.13. The number of nitrogens with one attached hydrogen (secondary N) is 1. The monoisotopic (exact) mass is 416 g/mol. The van der Waals surface area contributed by atoms with Crippen molar-refractivity contribution in [2.45, 2.75) is 31.3 Å². The largest absolute Gasteiger partial charge is 0.428 e. The predicted octanol–water partition coefficient (Wildman–Crippen LogP) is 2.76. The van der Waals surface area contributed by atoms with Gasteiger partial charge >= 0.3 is 11.9 Å². The fraction of sp³-hybridized carbons (Fsp3) is 0.375. The van der Waals surface area contributed by atoms with E-state index >= 15 is 0 Å². The molecule has 0 saturated heterocycles. The lowest BCUT2D eigenvalue weighted by Crippen LogP contribution is -2.35. The molecule has 0 spiro atoms. The predicted molar refractivity (Wildman–Crippen MR) is 92.4 cm³/mol. The number of anilines is 1. The fourth-order valence-electron chi connectivity index (χ4n) is 1.50. The molecule has 0 fully saturated rings. The first-order valence-corrected chi connectivity index (χ1v) is 8.37.